The Kier molecular flexibility index (Phi) is 8.76. The van der Waals surface area contributed by atoms with E-state index < -0.39 is 0 Å². The Hall–Kier alpha value is -1.35. The van der Waals surface area contributed by atoms with Crippen LogP contribution in [0.3, 0.4) is 0 Å². The lowest BCUT2D eigenvalue weighted by molar-refractivity contribution is 0.00238. The molecule has 0 saturated heterocycles. The molecule has 0 aliphatic rings. The molecular formula is C18H28O3. The van der Waals surface area contributed by atoms with Crippen molar-refractivity contribution < 1.29 is 14.3 Å². The average molecular weight is 292 g/mol. The highest BCUT2D eigenvalue weighted by Gasteiger charge is 2.15. The molecule has 21 heavy (non-hydrogen) atoms. The molecule has 0 saturated carbocycles. The Morgan fingerprint density at radius 1 is 1.10 bits per heavy atom. The fourth-order valence-corrected chi connectivity index (χ4v) is 2.26. The molecule has 0 aliphatic carbocycles. The van der Waals surface area contributed by atoms with E-state index in [1.807, 2.05) is 24.3 Å². The number of esters is 1. The van der Waals surface area contributed by atoms with Crippen LogP contribution in [0.25, 0.3) is 0 Å². The number of methoxy groups -OCH3 is 1. The number of hydrogen-bond donors (Lipinski definition) is 0. The first kappa shape index (κ1) is 17.7. The molecule has 0 heterocycles. The Morgan fingerprint density at radius 3 is 2.38 bits per heavy atom. The van der Waals surface area contributed by atoms with Gasteiger partial charge in [-0.25, -0.2) is 4.79 Å². The summed E-state index contributed by atoms with van der Waals surface area (Å²) in [6, 6.07) is 7.62. The minimum Gasteiger partial charge on any atom is -0.456 e. The van der Waals surface area contributed by atoms with Gasteiger partial charge in [0.25, 0.3) is 0 Å². The predicted molar refractivity (Wildman–Crippen MR) is 85.7 cm³/mol. The zero-order chi connectivity index (χ0) is 15.5. The third-order valence-corrected chi connectivity index (χ3v) is 3.60. The molecule has 3 heteroatoms. The Labute approximate surface area is 128 Å². The highest BCUT2D eigenvalue weighted by atomic mass is 16.6. The second-order valence-electron chi connectivity index (χ2n) is 5.38. The summed E-state index contributed by atoms with van der Waals surface area (Å²) in [6.07, 6.45) is 6.38. The van der Waals surface area contributed by atoms with Crippen LogP contribution in [-0.2, 0) is 15.9 Å². The molecule has 1 rings (SSSR count). The number of ether oxygens (including phenoxy) is 2. The minimum absolute atomic E-state index is 0.148. The van der Waals surface area contributed by atoms with Gasteiger partial charge in [-0.3, -0.25) is 0 Å². The monoisotopic (exact) mass is 292 g/mol. The summed E-state index contributed by atoms with van der Waals surface area (Å²) in [5, 5.41) is 0. The van der Waals surface area contributed by atoms with E-state index in [1.165, 1.54) is 24.8 Å². The van der Waals surface area contributed by atoms with Crippen molar-refractivity contribution in [3.8, 4) is 0 Å². The van der Waals surface area contributed by atoms with Crippen LogP contribution in [0.2, 0.25) is 0 Å². The van der Waals surface area contributed by atoms with Gasteiger partial charge in [0.15, 0.2) is 0 Å². The van der Waals surface area contributed by atoms with Crippen LogP contribution in [0.15, 0.2) is 24.3 Å². The van der Waals surface area contributed by atoms with Crippen LogP contribution < -0.4 is 0 Å². The van der Waals surface area contributed by atoms with Crippen LogP contribution in [0.1, 0.15) is 61.9 Å². The van der Waals surface area contributed by atoms with E-state index in [4.69, 9.17) is 9.47 Å². The van der Waals surface area contributed by atoms with Gasteiger partial charge in [-0.05, 0) is 37.0 Å². The van der Waals surface area contributed by atoms with E-state index >= 15 is 0 Å². The summed E-state index contributed by atoms with van der Waals surface area (Å²) in [6.45, 7) is 4.75. The van der Waals surface area contributed by atoms with Gasteiger partial charge in [-0.1, -0.05) is 45.2 Å². The zero-order valence-corrected chi connectivity index (χ0v) is 13.6. The Bertz CT molecular complexity index is 397. The smallest absolute Gasteiger partial charge is 0.338 e. The van der Waals surface area contributed by atoms with Gasteiger partial charge in [0.2, 0.25) is 0 Å². The number of benzene rings is 1. The Balaban J connectivity index is 2.49. The molecule has 3 nitrogen and oxygen atoms in total. The van der Waals surface area contributed by atoms with Crippen molar-refractivity contribution in [1.82, 2.24) is 0 Å². The molecule has 0 aliphatic heterocycles. The number of hydrogen-bond acceptors (Lipinski definition) is 3. The molecule has 0 radical (unpaired) electrons. The molecule has 1 unspecified atom stereocenters. The highest BCUT2D eigenvalue weighted by Crippen LogP contribution is 2.12. The second kappa shape index (κ2) is 10.4. The molecule has 0 fully saturated rings. The fourth-order valence-electron chi connectivity index (χ4n) is 2.26. The maximum Gasteiger partial charge on any atom is 0.338 e. The number of rotatable bonds is 10. The van der Waals surface area contributed by atoms with Crippen LogP contribution in [-0.4, -0.2) is 25.8 Å². The first-order chi connectivity index (χ1) is 10.2. The van der Waals surface area contributed by atoms with Crippen molar-refractivity contribution in [2.45, 2.75) is 58.5 Å². The van der Waals surface area contributed by atoms with E-state index in [0.717, 1.165) is 19.3 Å². The lowest BCUT2D eigenvalue weighted by Gasteiger charge is -2.17. The first-order valence-corrected chi connectivity index (χ1v) is 8.00. The van der Waals surface area contributed by atoms with Gasteiger partial charge in [-0.2, -0.15) is 0 Å². The second-order valence-corrected chi connectivity index (χ2v) is 5.38. The normalized spacial score (nSPS) is 12.1. The van der Waals surface area contributed by atoms with Crippen LogP contribution in [0.4, 0.5) is 0 Å². The van der Waals surface area contributed by atoms with Gasteiger partial charge in [-0.15, -0.1) is 0 Å². The first-order valence-electron chi connectivity index (χ1n) is 8.00. The summed E-state index contributed by atoms with van der Waals surface area (Å²) >= 11 is 0. The van der Waals surface area contributed by atoms with Gasteiger partial charge in [0.05, 0.1) is 12.2 Å². The lowest BCUT2D eigenvalue weighted by Crippen LogP contribution is -2.23. The quantitative estimate of drug-likeness (QED) is 0.474. The molecule has 0 N–H and O–H groups in total. The lowest BCUT2D eigenvalue weighted by atomic mass is 10.1. The molecule has 118 valence electrons. The number of unbranched alkanes of at least 4 members (excludes halogenated alkanes) is 3. The van der Waals surface area contributed by atoms with E-state index in [9.17, 15) is 4.79 Å². The Morgan fingerprint density at radius 2 is 1.81 bits per heavy atom. The molecule has 0 bridgehead atoms. The zero-order valence-electron chi connectivity index (χ0n) is 13.6. The molecule has 1 aromatic carbocycles. The van der Waals surface area contributed by atoms with Gasteiger partial charge in [0, 0.05) is 7.11 Å². The molecule has 1 atom stereocenters. The van der Waals surface area contributed by atoms with Crippen molar-refractivity contribution in [2.24, 2.45) is 0 Å². The SMILES string of the molecule is CCCCCCC(COC)OC(=O)c1ccc(CC)cc1. The number of carbonyl (C=O) groups excluding carboxylic acids is 1. The van der Waals surface area contributed by atoms with Crippen molar-refractivity contribution in [1.29, 1.82) is 0 Å². The predicted octanol–water partition coefficient (Wildman–Crippen LogP) is 4.39. The van der Waals surface area contributed by atoms with E-state index in [2.05, 4.69) is 13.8 Å². The maximum absolute atomic E-state index is 12.1. The summed E-state index contributed by atoms with van der Waals surface area (Å²) in [7, 11) is 1.64. The van der Waals surface area contributed by atoms with Crippen molar-refractivity contribution in [3.05, 3.63) is 35.4 Å². The fraction of sp³-hybridized carbons (Fsp3) is 0.611. The van der Waals surface area contributed by atoms with Crippen LogP contribution in [0.5, 0.6) is 0 Å². The number of aryl methyl sites for hydroxylation is 1. The molecule has 0 amide bonds. The van der Waals surface area contributed by atoms with Gasteiger partial charge in [0.1, 0.15) is 6.10 Å². The third kappa shape index (κ3) is 6.76. The van der Waals surface area contributed by atoms with Crippen molar-refractivity contribution in [3.63, 3.8) is 0 Å². The minimum atomic E-state index is -0.254. The summed E-state index contributed by atoms with van der Waals surface area (Å²) in [4.78, 5) is 12.1. The van der Waals surface area contributed by atoms with E-state index in [-0.39, 0.29) is 12.1 Å². The summed E-state index contributed by atoms with van der Waals surface area (Å²) < 4.78 is 10.7. The van der Waals surface area contributed by atoms with Crippen LogP contribution in [0, 0.1) is 0 Å². The molecular weight excluding hydrogens is 264 g/mol. The maximum atomic E-state index is 12.1. The topological polar surface area (TPSA) is 35.5 Å². The summed E-state index contributed by atoms with van der Waals surface area (Å²) in [5.41, 5.74) is 1.83. The number of carbonyl (C=O) groups is 1. The van der Waals surface area contributed by atoms with Crippen molar-refractivity contribution in [2.75, 3.05) is 13.7 Å². The third-order valence-electron chi connectivity index (χ3n) is 3.60. The van der Waals surface area contributed by atoms with Gasteiger partial charge >= 0.3 is 5.97 Å². The largest absolute Gasteiger partial charge is 0.456 e. The van der Waals surface area contributed by atoms with Gasteiger partial charge < -0.3 is 9.47 Å². The molecule has 0 spiro atoms. The van der Waals surface area contributed by atoms with E-state index in [1.54, 1.807) is 7.11 Å². The van der Waals surface area contributed by atoms with Crippen molar-refractivity contribution >= 4 is 5.97 Å². The molecule has 0 aromatic heterocycles. The van der Waals surface area contributed by atoms with Crippen LogP contribution >= 0.6 is 0 Å². The van der Waals surface area contributed by atoms with E-state index in [0.29, 0.717) is 12.2 Å². The summed E-state index contributed by atoms with van der Waals surface area (Å²) in [5.74, 6) is -0.254. The highest BCUT2D eigenvalue weighted by molar-refractivity contribution is 5.89. The standard InChI is InChI=1S/C18H28O3/c1-4-6-7-8-9-17(14-20-3)21-18(19)16-12-10-15(5-2)11-13-16/h10-13,17H,4-9,14H2,1-3H3. The molecule has 1 aromatic rings. The average Bonchev–Trinajstić information content (AvgIpc) is 2.51.